The topological polar surface area (TPSA) is 148 Å². The van der Waals surface area contributed by atoms with Crippen molar-refractivity contribution in [3.63, 3.8) is 0 Å². The van der Waals surface area contributed by atoms with E-state index in [1.54, 1.807) is 50.7 Å². The lowest BCUT2D eigenvalue weighted by molar-refractivity contribution is -0.120. The molecule has 2 amide bonds. The molecule has 1 aromatic heterocycles. The molecule has 0 radical (unpaired) electrons. The SMILES string of the molecule is COc1ccc(CNC(=O)c2ccc(CNC(=O)Cc3ccc(CC(C)NC[C@H](O)c4ccc(N)nc4)cc3)cc2)cc1OC. The monoisotopic (exact) mass is 611 g/mol. The average molecular weight is 612 g/mol. The van der Waals surface area contributed by atoms with E-state index < -0.39 is 6.10 Å². The summed E-state index contributed by atoms with van der Waals surface area (Å²) in [5, 5.41) is 19.6. The number of ether oxygens (including phenoxy) is 2. The minimum absolute atomic E-state index is 0.0827. The lowest BCUT2D eigenvalue weighted by Gasteiger charge is -2.17. The maximum absolute atomic E-state index is 12.6. The first-order valence-electron chi connectivity index (χ1n) is 14.8. The summed E-state index contributed by atoms with van der Waals surface area (Å²) in [6.45, 7) is 3.18. The zero-order valence-corrected chi connectivity index (χ0v) is 25.9. The molecule has 0 bridgehead atoms. The standard InChI is InChI=1S/C35H41N5O5/c1-23(37-22-30(41)29-13-15-33(36)38-21-29)16-24-4-6-25(7-5-24)18-34(42)39-19-26-8-11-28(12-9-26)35(43)40-20-27-10-14-31(44-2)32(17-27)45-3/h4-15,17,21,23,30,37,41H,16,18-20,22H2,1-3H3,(H2,36,38)(H,39,42)(H,40,43)/t23?,30-/m0/s1. The van der Waals surface area contributed by atoms with Gasteiger partial charge in [-0.3, -0.25) is 9.59 Å². The van der Waals surface area contributed by atoms with Crippen LogP contribution in [0, 0.1) is 0 Å². The number of nitrogens with two attached hydrogens (primary N) is 1. The Labute approximate surface area is 264 Å². The number of hydrogen-bond donors (Lipinski definition) is 5. The molecule has 10 heteroatoms. The number of aromatic nitrogens is 1. The van der Waals surface area contributed by atoms with Crippen LogP contribution in [-0.4, -0.2) is 48.7 Å². The van der Waals surface area contributed by atoms with Crippen molar-refractivity contribution in [1.29, 1.82) is 0 Å². The van der Waals surface area contributed by atoms with Gasteiger partial charge in [0, 0.05) is 43.0 Å². The third-order valence-corrected chi connectivity index (χ3v) is 7.39. The molecule has 236 valence electrons. The molecule has 10 nitrogen and oxygen atoms in total. The first kappa shape index (κ1) is 33.0. The smallest absolute Gasteiger partial charge is 0.251 e. The molecule has 0 saturated carbocycles. The number of aliphatic hydroxyl groups is 1. The third kappa shape index (κ3) is 10.1. The molecule has 1 heterocycles. The quantitative estimate of drug-likeness (QED) is 0.137. The summed E-state index contributed by atoms with van der Waals surface area (Å²) in [5.41, 5.74) is 10.7. The first-order chi connectivity index (χ1) is 21.7. The van der Waals surface area contributed by atoms with Crippen LogP contribution in [0.1, 0.15) is 51.2 Å². The van der Waals surface area contributed by atoms with E-state index in [9.17, 15) is 14.7 Å². The van der Waals surface area contributed by atoms with Gasteiger partial charge in [-0.25, -0.2) is 4.98 Å². The fraction of sp³-hybridized carbons (Fsp3) is 0.286. The number of pyridine rings is 1. The predicted molar refractivity (Wildman–Crippen MR) is 174 cm³/mol. The van der Waals surface area contributed by atoms with Crippen molar-refractivity contribution in [3.05, 3.63) is 118 Å². The Bertz CT molecular complexity index is 1540. The third-order valence-electron chi connectivity index (χ3n) is 7.39. The van der Waals surface area contributed by atoms with Crippen LogP contribution in [0.25, 0.3) is 0 Å². The molecule has 0 aliphatic rings. The molecule has 0 saturated heterocycles. The Morgan fingerprint density at radius 2 is 1.47 bits per heavy atom. The van der Waals surface area contributed by atoms with E-state index in [4.69, 9.17) is 15.2 Å². The molecule has 4 aromatic rings. The van der Waals surface area contributed by atoms with Gasteiger partial charge in [0.05, 0.1) is 26.7 Å². The van der Waals surface area contributed by atoms with E-state index in [0.717, 1.165) is 34.2 Å². The van der Waals surface area contributed by atoms with E-state index in [0.29, 0.717) is 42.5 Å². The normalized spacial score (nSPS) is 12.2. The van der Waals surface area contributed by atoms with Crippen molar-refractivity contribution in [3.8, 4) is 11.5 Å². The number of carbonyl (C=O) groups excluding carboxylic acids is 2. The predicted octanol–water partition coefficient (Wildman–Crippen LogP) is 3.72. The van der Waals surface area contributed by atoms with Crippen molar-refractivity contribution in [2.75, 3.05) is 26.5 Å². The summed E-state index contributed by atoms with van der Waals surface area (Å²) in [5.74, 6) is 1.38. The van der Waals surface area contributed by atoms with Crippen LogP contribution in [0.15, 0.2) is 85.1 Å². The van der Waals surface area contributed by atoms with Crippen LogP contribution in [0.3, 0.4) is 0 Å². The van der Waals surface area contributed by atoms with E-state index in [1.165, 1.54) is 0 Å². The Balaban J connectivity index is 1.17. The van der Waals surface area contributed by atoms with Gasteiger partial charge in [-0.1, -0.05) is 48.5 Å². The first-order valence-corrected chi connectivity index (χ1v) is 14.8. The highest BCUT2D eigenvalue weighted by atomic mass is 16.5. The maximum Gasteiger partial charge on any atom is 0.251 e. The van der Waals surface area contributed by atoms with Gasteiger partial charge in [0.15, 0.2) is 11.5 Å². The number of aliphatic hydroxyl groups excluding tert-OH is 1. The van der Waals surface area contributed by atoms with Gasteiger partial charge in [-0.05, 0) is 65.9 Å². The second-order valence-corrected chi connectivity index (χ2v) is 10.9. The molecular weight excluding hydrogens is 570 g/mol. The zero-order chi connectivity index (χ0) is 32.2. The second-order valence-electron chi connectivity index (χ2n) is 10.9. The van der Waals surface area contributed by atoms with Crippen LogP contribution in [0.5, 0.6) is 11.5 Å². The van der Waals surface area contributed by atoms with Crippen molar-refractivity contribution >= 4 is 17.6 Å². The Kier molecular flexibility index (Phi) is 11.9. The van der Waals surface area contributed by atoms with Crippen molar-refractivity contribution in [2.45, 2.75) is 45.0 Å². The van der Waals surface area contributed by atoms with Gasteiger partial charge in [-0.15, -0.1) is 0 Å². The van der Waals surface area contributed by atoms with E-state index in [1.807, 2.05) is 48.5 Å². The number of rotatable bonds is 15. The van der Waals surface area contributed by atoms with E-state index >= 15 is 0 Å². The highest BCUT2D eigenvalue weighted by Gasteiger charge is 2.12. The molecule has 2 atom stereocenters. The van der Waals surface area contributed by atoms with Crippen LogP contribution in [-0.2, 0) is 30.7 Å². The molecule has 0 spiro atoms. The van der Waals surface area contributed by atoms with Crippen molar-refractivity contribution in [1.82, 2.24) is 20.9 Å². The van der Waals surface area contributed by atoms with Crippen LogP contribution in [0.2, 0.25) is 0 Å². The minimum atomic E-state index is -0.667. The molecule has 45 heavy (non-hydrogen) atoms. The largest absolute Gasteiger partial charge is 0.493 e. The molecule has 4 rings (SSSR count). The van der Waals surface area contributed by atoms with Crippen LogP contribution < -0.4 is 31.2 Å². The number of nitrogens with zero attached hydrogens (tertiary/aromatic N) is 1. The average Bonchev–Trinajstić information content (AvgIpc) is 3.06. The van der Waals surface area contributed by atoms with Crippen molar-refractivity contribution < 1.29 is 24.2 Å². The van der Waals surface area contributed by atoms with E-state index in [-0.39, 0.29) is 24.3 Å². The summed E-state index contributed by atoms with van der Waals surface area (Å²) in [6, 6.07) is 24.2. The number of nitrogen functional groups attached to an aromatic ring is 1. The fourth-order valence-electron chi connectivity index (χ4n) is 4.76. The van der Waals surface area contributed by atoms with Gasteiger partial charge < -0.3 is 36.3 Å². The fourth-order valence-corrected chi connectivity index (χ4v) is 4.76. The van der Waals surface area contributed by atoms with Crippen LogP contribution >= 0.6 is 0 Å². The number of nitrogens with one attached hydrogen (secondary N) is 3. The van der Waals surface area contributed by atoms with Gasteiger partial charge in [0.1, 0.15) is 5.82 Å². The molecule has 0 aliphatic heterocycles. The minimum Gasteiger partial charge on any atom is -0.493 e. The summed E-state index contributed by atoms with van der Waals surface area (Å²) < 4.78 is 10.6. The Hall–Kier alpha value is -4.93. The second kappa shape index (κ2) is 16.2. The number of amides is 2. The maximum atomic E-state index is 12.6. The highest BCUT2D eigenvalue weighted by molar-refractivity contribution is 5.94. The molecule has 1 unspecified atom stereocenters. The van der Waals surface area contributed by atoms with Crippen molar-refractivity contribution in [2.24, 2.45) is 0 Å². The van der Waals surface area contributed by atoms with Gasteiger partial charge in [0.2, 0.25) is 5.91 Å². The molecule has 0 fully saturated rings. The summed E-state index contributed by atoms with van der Waals surface area (Å²) in [4.78, 5) is 29.2. The van der Waals surface area contributed by atoms with Gasteiger partial charge in [-0.2, -0.15) is 0 Å². The number of benzene rings is 3. The lowest BCUT2D eigenvalue weighted by Crippen LogP contribution is -2.32. The highest BCUT2D eigenvalue weighted by Crippen LogP contribution is 2.27. The Morgan fingerprint density at radius 3 is 2.13 bits per heavy atom. The number of methoxy groups -OCH3 is 2. The van der Waals surface area contributed by atoms with Gasteiger partial charge in [0.25, 0.3) is 5.91 Å². The number of hydrogen-bond acceptors (Lipinski definition) is 8. The van der Waals surface area contributed by atoms with E-state index in [2.05, 4.69) is 27.9 Å². The van der Waals surface area contributed by atoms with Crippen LogP contribution in [0.4, 0.5) is 5.82 Å². The number of anilines is 1. The molecular formula is C35H41N5O5. The summed E-state index contributed by atoms with van der Waals surface area (Å²) >= 11 is 0. The molecule has 0 aliphatic carbocycles. The summed E-state index contributed by atoms with van der Waals surface area (Å²) in [7, 11) is 3.15. The zero-order valence-electron chi connectivity index (χ0n) is 25.9. The molecule has 6 N–H and O–H groups in total. The number of carbonyl (C=O) groups is 2. The Morgan fingerprint density at radius 1 is 0.822 bits per heavy atom. The summed E-state index contributed by atoms with van der Waals surface area (Å²) in [6.07, 6.45) is 1.97. The lowest BCUT2D eigenvalue weighted by atomic mass is 10.0. The van der Waals surface area contributed by atoms with Gasteiger partial charge >= 0.3 is 0 Å². The molecule has 3 aromatic carbocycles.